The molecule has 0 bridgehead atoms. The number of aryl methyl sites for hydroxylation is 1. The van der Waals surface area contributed by atoms with Gasteiger partial charge in [0.2, 0.25) is 11.7 Å². The number of carbonyl (C=O) groups excluding carboxylic acids is 4. The summed E-state index contributed by atoms with van der Waals surface area (Å²) in [7, 11) is 1.22. The summed E-state index contributed by atoms with van der Waals surface area (Å²) in [6, 6.07) is 2.61. The first-order valence-corrected chi connectivity index (χ1v) is 11.9. The van der Waals surface area contributed by atoms with E-state index in [1.54, 1.807) is 32.9 Å². The minimum absolute atomic E-state index is 0.224. The second-order valence-corrected chi connectivity index (χ2v) is 9.90. The highest BCUT2D eigenvalue weighted by molar-refractivity contribution is 9.10. The molecule has 10 heteroatoms. The van der Waals surface area contributed by atoms with Gasteiger partial charge in [-0.25, -0.2) is 9.59 Å². The maximum absolute atomic E-state index is 13.3. The van der Waals surface area contributed by atoms with Gasteiger partial charge in [-0.3, -0.25) is 9.59 Å². The lowest BCUT2D eigenvalue weighted by molar-refractivity contribution is -0.160. The molecule has 3 rings (SSSR count). The molecule has 0 spiro atoms. The number of ether oxygens (including phenoxy) is 2. The van der Waals surface area contributed by atoms with Gasteiger partial charge in [-0.05, 0) is 50.3 Å². The number of esters is 1. The van der Waals surface area contributed by atoms with Crippen molar-refractivity contribution in [2.75, 3.05) is 20.3 Å². The van der Waals surface area contributed by atoms with Crippen molar-refractivity contribution in [1.29, 1.82) is 0 Å². The van der Waals surface area contributed by atoms with Crippen LogP contribution < -0.4 is 5.32 Å². The summed E-state index contributed by atoms with van der Waals surface area (Å²) in [6.07, 6.45) is 2.09. The number of nitrogens with one attached hydrogen (secondary N) is 2. The predicted octanol–water partition coefficient (Wildman–Crippen LogP) is 3.73. The van der Waals surface area contributed by atoms with Gasteiger partial charge in [-0.2, -0.15) is 0 Å². The molecule has 34 heavy (non-hydrogen) atoms. The Hall–Kier alpha value is -2.88. The SMILES string of the molecule is COC(=O)NC(C(=O)N1CCCC1(C)C(=O)OCC(=O)c1ccc(Br)c2c(C)c[nH]c12)C(C)C. The lowest BCUT2D eigenvalue weighted by atomic mass is 9.96. The Morgan fingerprint density at radius 2 is 1.97 bits per heavy atom. The van der Waals surface area contributed by atoms with E-state index < -0.39 is 30.3 Å². The molecule has 1 aliphatic rings. The van der Waals surface area contributed by atoms with Gasteiger partial charge >= 0.3 is 12.1 Å². The number of aromatic nitrogens is 1. The van der Waals surface area contributed by atoms with Crippen LogP contribution in [0.5, 0.6) is 0 Å². The molecule has 1 saturated heterocycles. The number of fused-ring (bicyclic) bond motifs is 1. The molecule has 184 valence electrons. The van der Waals surface area contributed by atoms with Gasteiger partial charge in [-0.15, -0.1) is 0 Å². The van der Waals surface area contributed by atoms with E-state index in [1.165, 1.54) is 12.0 Å². The summed E-state index contributed by atoms with van der Waals surface area (Å²) in [5.41, 5.74) is 0.845. The Kier molecular flexibility index (Phi) is 7.70. The molecule has 0 radical (unpaired) electrons. The number of halogens is 1. The molecule has 2 amide bonds. The van der Waals surface area contributed by atoms with Crippen molar-refractivity contribution < 1.29 is 28.7 Å². The normalized spacial score (nSPS) is 18.7. The van der Waals surface area contributed by atoms with Crippen molar-refractivity contribution in [3.8, 4) is 0 Å². The van der Waals surface area contributed by atoms with Crippen molar-refractivity contribution >= 4 is 50.6 Å². The first-order valence-electron chi connectivity index (χ1n) is 11.1. The first kappa shape index (κ1) is 25.7. The number of methoxy groups -OCH3 is 1. The number of amides is 2. The number of H-pyrrole nitrogens is 1. The molecule has 1 aromatic heterocycles. The number of rotatable bonds is 7. The van der Waals surface area contributed by atoms with Gasteiger partial charge in [-0.1, -0.05) is 29.8 Å². The van der Waals surface area contributed by atoms with Crippen LogP contribution in [0.3, 0.4) is 0 Å². The second-order valence-electron chi connectivity index (χ2n) is 9.04. The van der Waals surface area contributed by atoms with E-state index in [2.05, 4.69) is 31.0 Å². The monoisotopic (exact) mass is 535 g/mol. The van der Waals surface area contributed by atoms with E-state index in [0.717, 1.165) is 15.4 Å². The van der Waals surface area contributed by atoms with Gasteiger partial charge in [0.05, 0.1) is 12.6 Å². The standard InChI is InChI=1S/C24H30BrN3O6/c1-13(2)19(27-23(32)33-5)21(30)28-10-6-9-24(28,4)22(31)34-12-17(29)15-7-8-16(25)18-14(3)11-26-20(15)18/h7-8,11,13,19,26H,6,9-10,12H2,1-5H3,(H,27,32). The average molecular weight is 536 g/mol. The van der Waals surface area contributed by atoms with Gasteiger partial charge in [0, 0.05) is 28.2 Å². The highest BCUT2D eigenvalue weighted by atomic mass is 79.9. The Morgan fingerprint density at radius 1 is 1.26 bits per heavy atom. The van der Waals surface area contributed by atoms with Crippen LogP contribution in [-0.2, 0) is 19.1 Å². The van der Waals surface area contributed by atoms with Crippen molar-refractivity contribution in [3.05, 3.63) is 33.9 Å². The fourth-order valence-corrected chi connectivity index (χ4v) is 5.00. The fraction of sp³-hybridized carbons (Fsp3) is 0.500. The highest BCUT2D eigenvalue weighted by Gasteiger charge is 2.49. The molecule has 2 unspecified atom stereocenters. The lowest BCUT2D eigenvalue weighted by Crippen LogP contribution is -2.58. The van der Waals surface area contributed by atoms with Crippen LogP contribution in [0, 0.1) is 12.8 Å². The third-order valence-electron chi connectivity index (χ3n) is 6.35. The Balaban J connectivity index is 1.74. The van der Waals surface area contributed by atoms with Gasteiger partial charge in [0.1, 0.15) is 11.6 Å². The van der Waals surface area contributed by atoms with Crippen LogP contribution in [0.1, 0.15) is 49.5 Å². The predicted molar refractivity (Wildman–Crippen MR) is 130 cm³/mol. The Bertz CT molecular complexity index is 1130. The zero-order valence-corrected chi connectivity index (χ0v) is 21.6. The quantitative estimate of drug-likeness (QED) is 0.412. The summed E-state index contributed by atoms with van der Waals surface area (Å²) in [6.45, 7) is 7.06. The summed E-state index contributed by atoms with van der Waals surface area (Å²) >= 11 is 3.50. The molecule has 2 aromatic rings. The maximum atomic E-state index is 13.3. The lowest BCUT2D eigenvalue weighted by Gasteiger charge is -2.36. The number of Topliss-reactive ketones (excluding diaryl/α,β-unsaturated/α-hetero) is 1. The van der Waals surface area contributed by atoms with E-state index in [-0.39, 0.29) is 17.6 Å². The van der Waals surface area contributed by atoms with Crippen molar-refractivity contribution in [3.63, 3.8) is 0 Å². The van der Waals surface area contributed by atoms with Gasteiger partial charge < -0.3 is 24.7 Å². The van der Waals surface area contributed by atoms with E-state index in [1.807, 2.05) is 13.1 Å². The largest absolute Gasteiger partial charge is 0.456 e. The maximum Gasteiger partial charge on any atom is 0.407 e. The minimum Gasteiger partial charge on any atom is -0.456 e. The topological polar surface area (TPSA) is 118 Å². The molecule has 2 N–H and O–H groups in total. The third kappa shape index (κ3) is 4.82. The summed E-state index contributed by atoms with van der Waals surface area (Å²) < 4.78 is 10.9. The number of hydrogen-bond donors (Lipinski definition) is 2. The minimum atomic E-state index is -1.24. The molecule has 2 atom stereocenters. The Morgan fingerprint density at radius 3 is 2.62 bits per heavy atom. The molecule has 1 aliphatic heterocycles. The number of carbonyl (C=O) groups is 4. The van der Waals surface area contributed by atoms with Crippen molar-refractivity contribution in [1.82, 2.24) is 15.2 Å². The number of alkyl carbamates (subject to hydrolysis) is 1. The number of ketones is 1. The van der Waals surface area contributed by atoms with Crippen molar-refractivity contribution in [2.45, 2.75) is 52.1 Å². The molecule has 2 heterocycles. The number of benzene rings is 1. The van der Waals surface area contributed by atoms with Crippen LogP contribution in [0.4, 0.5) is 4.79 Å². The fourth-order valence-electron chi connectivity index (χ4n) is 4.36. The highest BCUT2D eigenvalue weighted by Crippen LogP contribution is 2.32. The zero-order valence-electron chi connectivity index (χ0n) is 20.0. The summed E-state index contributed by atoms with van der Waals surface area (Å²) in [4.78, 5) is 55.6. The van der Waals surface area contributed by atoms with E-state index in [4.69, 9.17) is 4.74 Å². The molecular formula is C24H30BrN3O6. The summed E-state index contributed by atoms with van der Waals surface area (Å²) in [5.74, 6) is -1.61. The van der Waals surface area contributed by atoms with Crippen LogP contribution in [0.25, 0.3) is 10.9 Å². The molecule has 0 saturated carbocycles. The van der Waals surface area contributed by atoms with Crippen LogP contribution >= 0.6 is 15.9 Å². The van der Waals surface area contributed by atoms with Crippen LogP contribution in [-0.4, -0.2) is 65.5 Å². The second kappa shape index (κ2) is 10.2. The molecular weight excluding hydrogens is 506 g/mol. The molecule has 9 nitrogen and oxygen atoms in total. The third-order valence-corrected chi connectivity index (χ3v) is 7.02. The van der Waals surface area contributed by atoms with E-state index in [0.29, 0.717) is 30.5 Å². The van der Waals surface area contributed by atoms with Gasteiger partial charge in [0.15, 0.2) is 6.61 Å². The van der Waals surface area contributed by atoms with E-state index >= 15 is 0 Å². The Labute approximate surface area is 206 Å². The molecule has 0 aliphatic carbocycles. The molecule has 1 fully saturated rings. The number of likely N-dealkylation sites (tertiary alicyclic amines) is 1. The van der Waals surface area contributed by atoms with Gasteiger partial charge in [0.25, 0.3) is 0 Å². The first-order chi connectivity index (χ1) is 16.0. The van der Waals surface area contributed by atoms with E-state index in [9.17, 15) is 19.2 Å². The summed E-state index contributed by atoms with van der Waals surface area (Å²) in [5, 5.41) is 3.45. The zero-order chi connectivity index (χ0) is 25.2. The van der Waals surface area contributed by atoms with Crippen LogP contribution in [0.2, 0.25) is 0 Å². The molecule has 1 aromatic carbocycles. The van der Waals surface area contributed by atoms with Crippen molar-refractivity contribution in [2.24, 2.45) is 5.92 Å². The number of nitrogens with zero attached hydrogens (tertiary/aromatic N) is 1. The smallest absolute Gasteiger partial charge is 0.407 e. The number of aromatic amines is 1. The van der Waals surface area contributed by atoms with Crippen LogP contribution in [0.15, 0.2) is 22.8 Å². The number of hydrogen-bond acceptors (Lipinski definition) is 6. The average Bonchev–Trinajstić information content (AvgIpc) is 3.39.